The lowest BCUT2D eigenvalue weighted by Crippen LogP contribution is -1.92. The Morgan fingerprint density at radius 2 is 2.27 bits per heavy atom. The molecule has 0 radical (unpaired) electrons. The van der Waals surface area contributed by atoms with Crippen LogP contribution in [0.15, 0.2) is 0 Å². The fourth-order valence-electron chi connectivity index (χ4n) is 1.06. The average molecular weight is 171 g/mol. The van der Waals surface area contributed by atoms with E-state index in [4.69, 9.17) is 18.0 Å². The molecule has 0 bridgehead atoms. The van der Waals surface area contributed by atoms with Crippen molar-refractivity contribution in [1.82, 2.24) is 9.78 Å². The summed E-state index contributed by atoms with van der Waals surface area (Å²) in [6.45, 7) is 2.11. The first-order chi connectivity index (χ1) is 5.16. The average Bonchev–Trinajstić information content (AvgIpc) is 2.19. The molecule has 3 N–H and O–H groups in total. The van der Waals surface area contributed by atoms with Crippen LogP contribution in [0, 0.1) is 4.64 Å². The van der Waals surface area contributed by atoms with Gasteiger partial charge in [0.2, 0.25) is 0 Å². The van der Waals surface area contributed by atoms with Crippen LogP contribution in [0.1, 0.15) is 19.0 Å². The maximum absolute atomic E-state index is 5.73. The largest absolute Gasteiger partial charge is 0.395 e. The summed E-state index contributed by atoms with van der Waals surface area (Å²) in [5, 5.41) is 3.10. The molecule has 0 aliphatic carbocycles. The van der Waals surface area contributed by atoms with E-state index < -0.39 is 0 Å². The van der Waals surface area contributed by atoms with Crippen LogP contribution < -0.4 is 5.73 Å². The molecule has 1 aromatic heterocycles. The van der Waals surface area contributed by atoms with Crippen molar-refractivity contribution in [3.63, 3.8) is 0 Å². The molecule has 0 spiro atoms. The third-order valence-corrected chi connectivity index (χ3v) is 2.16. The van der Waals surface area contributed by atoms with E-state index in [9.17, 15) is 0 Å². The number of hydrogen-bond donors (Lipinski definition) is 2. The highest BCUT2D eigenvalue weighted by Gasteiger charge is 2.03. The Labute approximate surface area is 71.2 Å². The maximum atomic E-state index is 5.73. The van der Waals surface area contributed by atoms with Crippen molar-refractivity contribution in [1.29, 1.82) is 0 Å². The number of nitrogens with two attached hydrogens (primary N) is 1. The van der Waals surface area contributed by atoms with E-state index in [1.807, 2.05) is 7.05 Å². The molecule has 0 aliphatic rings. The van der Waals surface area contributed by atoms with Gasteiger partial charge in [-0.25, -0.2) is 0 Å². The molecule has 1 rings (SSSR count). The number of nitrogen functional groups attached to an aromatic ring is 1. The standard InChI is InChI=1S/C7H13N3S/c1-3-4-5-6(8)7(11)10(2)9-5/h9H,3-4,8H2,1-2H3. The van der Waals surface area contributed by atoms with Gasteiger partial charge in [-0.3, -0.25) is 9.78 Å². The van der Waals surface area contributed by atoms with Crippen molar-refractivity contribution in [2.45, 2.75) is 19.8 Å². The summed E-state index contributed by atoms with van der Waals surface area (Å²) < 4.78 is 2.48. The molecular weight excluding hydrogens is 158 g/mol. The molecule has 1 aromatic rings. The Morgan fingerprint density at radius 1 is 1.64 bits per heavy atom. The fourth-order valence-corrected chi connectivity index (χ4v) is 1.23. The van der Waals surface area contributed by atoms with Gasteiger partial charge in [0, 0.05) is 7.05 Å². The molecule has 0 unspecified atom stereocenters. The second-order valence-corrected chi connectivity index (χ2v) is 3.00. The molecule has 0 amide bonds. The minimum atomic E-state index is 0.702. The zero-order chi connectivity index (χ0) is 8.43. The Hall–Kier alpha value is -0.770. The van der Waals surface area contributed by atoms with Gasteiger partial charge in [0.25, 0.3) is 0 Å². The predicted molar refractivity (Wildman–Crippen MR) is 49.0 cm³/mol. The second kappa shape index (κ2) is 3.09. The Kier molecular flexibility index (Phi) is 2.34. The third-order valence-electron chi connectivity index (χ3n) is 1.66. The second-order valence-electron chi connectivity index (χ2n) is 2.62. The molecular formula is C7H13N3S. The summed E-state index contributed by atoms with van der Waals surface area (Å²) in [7, 11) is 1.87. The first kappa shape index (κ1) is 8.33. The van der Waals surface area contributed by atoms with Gasteiger partial charge in [-0.15, -0.1) is 0 Å². The van der Waals surface area contributed by atoms with Crippen molar-refractivity contribution in [2.75, 3.05) is 5.73 Å². The van der Waals surface area contributed by atoms with E-state index in [0.717, 1.165) is 24.2 Å². The van der Waals surface area contributed by atoms with Crippen LogP contribution in [-0.4, -0.2) is 9.78 Å². The van der Waals surface area contributed by atoms with Crippen molar-refractivity contribution >= 4 is 17.9 Å². The van der Waals surface area contributed by atoms with Gasteiger partial charge >= 0.3 is 0 Å². The Bertz CT molecular complexity index is 297. The molecule has 0 aliphatic heterocycles. The SMILES string of the molecule is CCCc1[nH]n(C)c(=S)c1N. The maximum Gasteiger partial charge on any atom is 0.145 e. The first-order valence-corrected chi connectivity index (χ1v) is 4.11. The van der Waals surface area contributed by atoms with Crippen LogP contribution in [0.25, 0.3) is 0 Å². The summed E-state index contributed by atoms with van der Waals surface area (Å²) in [6, 6.07) is 0. The van der Waals surface area contributed by atoms with Crippen molar-refractivity contribution in [3.8, 4) is 0 Å². The summed E-state index contributed by atoms with van der Waals surface area (Å²) in [5.74, 6) is 0. The number of hydrogen-bond acceptors (Lipinski definition) is 2. The molecule has 0 aromatic carbocycles. The normalized spacial score (nSPS) is 10.4. The van der Waals surface area contributed by atoms with Crippen molar-refractivity contribution < 1.29 is 0 Å². The molecule has 1 heterocycles. The van der Waals surface area contributed by atoms with E-state index in [2.05, 4.69) is 12.0 Å². The quantitative estimate of drug-likeness (QED) is 0.664. The Balaban J connectivity index is 3.08. The lowest BCUT2D eigenvalue weighted by molar-refractivity contribution is 0.726. The van der Waals surface area contributed by atoms with Crippen molar-refractivity contribution in [3.05, 3.63) is 10.3 Å². The van der Waals surface area contributed by atoms with Gasteiger partial charge < -0.3 is 5.73 Å². The van der Waals surface area contributed by atoms with E-state index in [0.29, 0.717) is 4.64 Å². The van der Waals surface area contributed by atoms with Gasteiger partial charge in [-0.1, -0.05) is 25.6 Å². The number of aromatic amines is 1. The van der Waals surface area contributed by atoms with Gasteiger partial charge in [-0.2, -0.15) is 0 Å². The molecule has 3 nitrogen and oxygen atoms in total. The van der Waals surface area contributed by atoms with Gasteiger partial charge in [-0.05, 0) is 6.42 Å². The van der Waals surface area contributed by atoms with Crippen LogP contribution in [-0.2, 0) is 13.5 Å². The highest BCUT2D eigenvalue weighted by Crippen LogP contribution is 2.12. The zero-order valence-electron chi connectivity index (χ0n) is 6.85. The van der Waals surface area contributed by atoms with E-state index in [1.165, 1.54) is 0 Å². The third kappa shape index (κ3) is 1.45. The summed E-state index contributed by atoms with van der Waals surface area (Å²) in [5.41, 5.74) is 7.52. The lowest BCUT2D eigenvalue weighted by atomic mass is 10.2. The molecule has 62 valence electrons. The van der Waals surface area contributed by atoms with Crippen LogP contribution in [0.5, 0.6) is 0 Å². The number of nitrogens with zero attached hydrogens (tertiary/aromatic N) is 1. The predicted octanol–water partition coefficient (Wildman–Crippen LogP) is 1.62. The molecule has 11 heavy (non-hydrogen) atoms. The van der Waals surface area contributed by atoms with Gasteiger partial charge in [0.1, 0.15) is 4.64 Å². The topological polar surface area (TPSA) is 46.7 Å². The summed E-state index contributed by atoms with van der Waals surface area (Å²) in [6.07, 6.45) is 2.05. The molecule has 0 saturated heterocycles. The monoisotopic (exact) mass is 171 g/mol. The smallest absolute Gasteiger partial charge is 0.145 e. The summed E-state index contributed by atoms with van der Waals surface area (Å²) in [4.78, 5) is 0. The van der Waals surface area contributed by atoms with Gasteiger partial charge in [0.05, 0.1) is 11.4 Å². The Morgan fingerprint density at radius 3 is 2.64 bits per heavy atom. The minimum absolute atomic E-state index is 0.702. The molecule has 0 saturated carbocycles. The van der Waals surface area contributed by atoms with Gasteiger partial charge in [0.15, 0.2) is 0 Å². The van der Waals surface area contributed by atoms with E-state index >= 15 is 0 Å². The van der Waals surface area contributed by atoms with Crippen LogP contribution in [0.2, 0.25) is 0 Å². The number of aryl methyl sites for hydroxylation is 2. The fraction of sp³-hybridized carbons (Fsp3) is 0.571. The summed E-state index contributed by atoms with van der Waals surface area (Å²) >= 11 is 5.04. The van der Waals surface area contributed by atoms with E-state index in [-0.39, 0.29) is 0 Å². The number of nitrogens with one attached hydrogen (secondary N) is 1. The zero-order valence-corrected chi connectivity index (χ0v) is 7.66. The first-order valence-electron chi connectivity index (χ1n) is 3.70. The highest BCUT2D eigenvalue weighted by atomic mass is 32.1. The van der Waals surface area contributed by atoms with Crippen LogP contribution in [0.4, 0.5) is 5.69 Å². The lowest BCUT2D eigenvalue weighted by Gasteiger charge is -1.93. The van der Waals surface area contributed by atoms with Crippen molar-refractivity contribution in [2.24, 2.45) is 7.05 Å². The number of anilines is 1. The van der Waals surface area contributed by atoms with E-state index in [1.54, 1.807) is 4.68 Å². The minimum Gasteiger partial charge on any atom is -0.395 e. The number of H-pyrrole nitrogens is 1. The van der Waals surface area contributed by atoms with Crippen LogP contribution in [0.3, 0.4) is 0 Å². The van der Waals surface area contributed by atoms with Crippen LogP contribution >= 0.6 is 12.2 Å². The molecule has 0 fully saturated rings. The highest BCUT2D eigenvalue weighted by molar-refractivity contribution is 7.71. The molecule has 4 heteroatoms. The number of aromatic nitrogens is 2. The molecule has 0 atom stereocenters. The number of rotatable bonds is 2.